The quantitative estimate of drug-likeness (QED) is 0.200. The van der Waals surface area contributed by atoms with Gasteiger partial charge in [0.15, 0.2) is 5.65 Å². The molecule has 34 heavy (non-hydrogen) atoms. The molecule has 0 aliphatic carbocycles. The number of likely N-dealkylation sites (N-methyl/N-ethyl adjacent to an activating group) is 1. The third kappa shape index (κ3) is 5.78. The number of halogens is 3. The Balaban J connectivity index is 1.40. The van der Waals surface area contributed by atoms with Gasteiger partial charge in [-0.15, -0.1) is 0 Å². The number of rotatable bonds is 8. The van der Waals surface area contributed by atoms with Crippen LogP contribution >= 0.6 is 39.1 Å². The van der Waals surface area contributed by atoms with E-state index in [1.807, 2.05) is 48.5 Å². The molecule has 174 valence electrons. The number of amides is 1. The van der Waals surface area contributed by atoms with Crippen LogP contribution in [0.5, 0.6) is 0 Å². The molecule has 0 aliphatic heterocycles. The van der Waals surface area contributed by atoms with Gasteiger partial charge in [0.25, 0.3) is 0 Å². The normalized spacial score (nSPS) is 11.3. The highest BCUT2D eigenvalue weighted by Gasteiger charge is 2.13. The molecule has 4 aromatic rings. The molecule has 0 saturated heterocycles. The first-order valence-corrected chi connectivity index (χ1v) is 12.2. The molecule has 1 amide bonds. The van der Waals surface area contributed by atoms with Crippen LogP contribution in [0.1, 0.15) is 12.0 Å². The highest BCUT2D eigenvalue weighted by atomic mass is 79.9. The van der Waals surface area contributed by atoms with Crippen molar-refractivity contribution >= 4 is 62.6 Å². The molecule has 0 unspecified atom stereocenters. The fourth-order valence-corrected chi connectivity index (χ4v) is 4.20. The van der Waals surface area contributed by atoms with Crippen molar-refractivity contribution in [2.45, 2.75) is 6.42 Å². The van der Waals surface area contributed by atoms with E-state index in [-0.39, 0.29) is 5.91 Å². The third-order valence-electron chi connectivity index (χ3n) is 5.20. The van der Waals surface area contributed by atoms with Crippen LogP contribution in [0.3, 0.4) is 0 Å². The van der Waals surface area contributed by atoms with Crippen LogP contribution in [0, 0.1) is 0 Å². The molecule has 0 radical (unpaired) electrons. The summed E-state index contributed by atoms with van der Waals surface area (Å²) in [7, 11) is 1.79. The number of hydrogen-bond donors (Lipinski definition) is 1. The predicted octanol–water partition coefficient (Wildman–Crippen LogP) is 6.44. The number of nitrogens with zero attached hydrogens (tertiary/aromatic N) is 4. The van der Waals surface area contributed by atoms with Gasteiger partial charge in [-0.3, -0.25) is 4.79 Å². The highest BCUT2D eigenvalue weighted by molar-refractivity contribution is 9.10. The Kier molecular flexibility index (Phi) is 7.88. The lowest BCUT2D eigenvalue weighted by molar-refractivity contribution is -0.124. The van der Waals surface area contributed by atoms with E-state index in [9.17, 15) is 4.79 Å². The fraction of sp³-hybridized carbons (Fsp3) is 0.160. The van der Waals surface area contributed by atoms with E-state index in [2.05, 4.69) is 26.3 Å². The van der Waals surface area contributed by atoms with Gasteiger partial charge in [-0.05, 0) is 52.2 Å². The van der Waals surface area contributed by atoms with Gasteiger partial charge in [-0.25, -0.2) is 4.98 Å². The Morgan fingerprint density at radius 3 is 2.79 bits per heavy atom. The maximum absolute atomic E-state index is 12.4. The molecule has 4 rings (SSSR count). The number of carbonyl (C=O) groups is 1. The first-order valence-electron chi connectivity index (χ1n) is 10.6. The number of carbonyl (C=O) groups excluding carboxylic acids is 1. The van der Waals surface area contributed by atoms with E-state index in [1.54, 1.807) is 40.9 Å². The largest absolute Gasteiger partial charge is 0.370 e. The molecule has 0 fully saturated rings. The monoisotopic (exact) mass is 557 g/mol. The molecular formula is C25H22BrCl2N5O. The van der Waals surface area contributed by atoms with E-state index in [0.717, 1.165) is 33.5 Å². The molecule has 0 atom stereocenters. The summed E-state index contributed by atoms with van der Waals surface area (Å²) in [6.45, 7) is 1.24. The van der Waals surface area contributed by atoms with Gasteiger partial charge in [0.2, 0.25) is 5.91 Å². The summed E-state index contributed by atoms with van der Waals surface area (Å²) in [5.41, 5.74) is 3.18. The highest BCUT2D eigenvalue weighted by Crippen LogP contribution is 2.30. The van der Waals surface area contributed by atoms with Crippen LogP contribution in [-0.4, -0.2) is 45.5 Å². The molecule has 2 heterocycles. The van der Waals surface area contributed by atoms with E-state index in [0.29, 0.717) is 28.8 Å². The Labute approximate surface area is 216 Å². The minimum absolute atomic E-state index is 0.0664. The average Bonchev–Trinajstić information content (AvgIpc) is 3.21. The van der Waals surface area contributed by atoms with Gasteiger partial charge in [0.1, 0.15) is 5.82 Å². The summed E-state index contributed by atoms with van der Waals surface area (Å²) in [5.74, 6) is 0.726. The van der Waals surface area contributed by atoms with Gasteiger partial charge in [0, 0.05) is 47.9 Å². The number of anilines is 1. The predicted molar refractivity (Wildman–Crippen MR) is 142 cm³/mol. The molecule has 9 heteroatoms. The van der Waals surface area contributed by atoms with Gasteiger partial charge >= 0.3 is 0 Å². The minimum Gasteiger partial charge on any atom is -0.370 e. The first-order chi connectivity index (χ1) is 16.4. The zero-order chi connectivity index (χ0) is 24.1. The van der Waals surface area contributed by atoms with E-state index >= 15 is 0 Å². The van der Waals surface area contributed by atoms with Crippen LogP contribution < -0.4 is 5.32 Å². The zero-order valence-electron chi connectivity index (χ0n) is 18.4. The van der Waals surface area contributed by atoms with Crippen LogP contribution in [-0.2, 0) is 4.79 Å². The van der Waals surface area contributed by atoms with Gasteiger partial charge in [-0.1, -0.05) is 53.5 Å². The Morgan fingerprint density at radius 1 is 1.18 bits per heavy atom. The lowest BCUT2D eigenvalue weighted by Crippen LogP contribution is -2.27. The SMILES string of the molecule is CN(CCCNc1cc(-c2ccccc2Cl)nc2c(Br)cnn12)C(=O)C=Cc1cccc(Cl)c1. The summed E-state index contributed by atoms with van der Waals surface area (Å²) in [6.07, 6.45) is 5.79. The van der Waals surface area contributed by atoms with Crippen LogP contribution in [0.15, 0.2) is 71.3 Å². The number of aromatic nitrogens is 3. The topological polar surface area (TPSA) is 62.5 Å². The van der Waals surface area contributed by atoms with Crippen molar-refractivity contribution in [1.82, 2.24) is 19.5 Å². The number of nitrogens with one attached hydrogen (secondary N) is 1. The van der Waals surface area contributed by atoms with Crippen molar-refractivity contribution < 1.29 is 4.79 Å². The van der Waals surface area contributed by atoms with E-state index in [4.69, 9.17) is 28.2 Å². The Hall–Kier alpha value is -2.87. The van der Waals surface area contributed by atoms with Gasteiger partial charge < -0.3 is 10.2 Å². The van der Waals surface area contributed by atoms with Crippen molar-refractivity contribution in [3.63, 3.8) is 0 Å². The Morgan fingerprint density at radius 2 is 2.00 bits per heavy atom. The second kappa shape index (κ2) is 11.0. The van der Waals surface area contributed by atoms with Crippen LogP contribution in [0.25, 0.3) is 23.0 Å². The van der Waals surface area contributed by atoms with E-state index in [1.165, 1.54) is 0 Å². The van der Waals surface area contributed by atoms with E-state index < -0.39 is 0 Å². The first kappa shape index (κ1) is 24.3. The number of benzene rings is 2. The Bertz CT molecular complexity index is 1350. The van der Waals surface area contributed by atoms with Gasteiger partial charge in [-0.2, -0.15) is 9.61 Å². The molecule has 2 aromatic heterocycles. The summed E-state index contributed by atoms with van der Waals surface area (Å²) in [5, 5.41) is 9.09. The van der Waals surface area contributed by atoms with Crippen molar-refractivity contribution in [2.75, 3.05) is 25.5 Å². The standard InChI is InChI=1S/C25H22BrCl2N5O/c1-32(24(34)11-10-17-6-4-7-18(27)14-17)13-5-12-29-23-15-22(19-8-2-3-9-21(19)28)31-25-20(26)16-30-33(23)25/h2-4,6-11,14-16,29H,5,12-13H2,1H3. The molecule has 1 N–H and O–H groups in total. The van der Waals surface area contributed by atoms with Crippen LogP contribution in [0.4, 0.5) is 5.82 Å². The molecule has 0 bridgehead atoms. The summed E-state index contributed by atoms with van der Waals surface area (Å²) >= 11 is 15.9. The minimum atomic E-state index is -0.0664. The average molecular weight is 559 g/mol. The molecule has 0 aliphatic rings. The molecule has 0 spiro atoms. The maximum atomic E-state index is 12.4. The van der Waals surface area contributed by atoms with Crippen LogP contribution in [0.2, 0.25) is 10.0 Å². The lowest BCUT2D eigenvalue weighted by atomic mass is 10.1. The second-order valence-corrected chi connectivity index (χ2v) is 9.36. The van der Waals surface area contributed by atoms with Gasteiger partial charge in [0.05, 0.1) is 16.4 Å². The number of hydrogen-bond acceptors (Lipinski definition) is 4. The zero-order valence-corrected chi connectivity index (χ0v) is 21.5. The number of fused-ring (bicyclic) bond motifs is 1. The van der Waals surface area contributed by atoms with Crippen molar-refractivity contribution in [3.8, 4) is 11.3 Å². The van der Waals surface area contributed by atoms with Crippen molar-refractivity contribution in [3.05, 3.63) is 87.0 Å². The fourth-order valence-electron chi connectivity index (χ4n) is 3.42. The summed E-state index contributed by atoms with van der Waals surface area (Å²) < 4.78 is 2.54. The molecule has 6 nitrogen and oxygen atoms in total. The smallest absolute Gasteiger partial charge is 0.246 e. The third-order valence-corrected chi connectivity index (χ3v) is 6.32. The molecule has 0 saturated carbocycles. The second-order valence-electron chi connectivity index (χ2n) is 7.66. The van der Waals surface area contributed by atoms with Crippen molar-refractivity contribution in [1.29, 1.82) is 0 Å². The maximum Gasteiger partial charge on any atom is 0.246 e. The summed E-state index contributed by atoms with van der Waals surface area (Å²) in [4.78, 5) is 18.8. The summed E-state index contributed by atoms with van der Waals surface area (Å²) in [6, 6.07) is 16.9. The lowest BCUT2D eigenvalue weighted by Gasteiger charge is -2.16. The molecular weight excluding hydrogens is 537 g/mol. The van der Waals surface area contributed by atoms with Crippen molar-refractivity contribution in [2.24, 2.45) is 0 Å². The molecule has 2 aromatic carbocycles.